The van der Waals surface area contributed by atoms with E-state index < -0.39 is 10.0 Å². The Hall–Kier alpha value is -1.62. The van der Waals surface area contributed by atoms with Crippen molar-refractivity contribution < 1.29 is 8.42 Å². The molecule has 0 aliphatic heterocycles. The Morgan fingerprint density at radius 1 is 1.21 bits per heavy atom. The molecule has 2 aromatic heterocycles. The van der Waals surface area contributed by atoms with Gasteiger partial charge in [0.2, 0.25) is 10.0 Å². The highest BCUT2D eigenvalue weighted by atomic mass is 79.9. The monoisotopic (exact) mass is 471 g/mol. The van der Waals surface area contributed by atoms with Crippen LogP contribution in [0.5, 0.6) is 0 Å². The van der Waals surface area contributed by atoms with E-state index in [1.165, 1.54) is 23.4 Å². The summed E-state index contributed by atoms with van der Waals surface area (Å²) in [7, 11) is -3.70. The smallest absolute Gasteiger partial charge is 0.237 e. The van der Waals surface area contributed by atoms with Crippen LogP contribution in [0, 0.1) is 0 Å². The predicted molar refractivity (Wildman–Crippen MR) is 95.0 cm³/mol. The largest absolute Gasteiger partial charge is 0.242 e. The number of sulfonamides is 1. The lowest BCUT2D eigenvalue weighted by Crippen LogP contribution is -2.24. The number of hydrogen-bond donors (Lipinski definition) is 1. The Bertz CT molecular complexity index is 961. The van der Waals surface area contributed by atoms with Gasteiger partial charge in [-0.1, -0.05) is 22.0 Å². The molecule has 0 unspecified atom stereocenters. The van der Waals surface area contributed by atoms with Crippen LogP contribution in [0.2, 0.25) is 0 Å². The van der Waals surface area contributed by atoms with Crippen LogP contribution in [0.15, 0.2) is 63.0 Å². The Kier molecular flexibility index (Phi) is 5.09. The first-order chi connectivity index (χ1) is 11.5. The highest BCUT2D eigenvalue weighted by Gasteiger charge is 2.19. The SMILES string of the molecule is O=S(=O)(NCc1cccnc1-n1cncn1)c1cc(Br)ccc1Br. The first kappa shape index (κ1) is 17.2. The average Bonchev–Trinajstić information content (AvgIpc) is 3.10. The Morgan fingerprint density at radius 3 is 2.79 bits per heavy atom. The van der Waals surface area contributed by atoms with Gasteiger partial charge in [0.1, 0.15) is 12.7 Å². The fourth-order valence-corrected chi connectivity index (χ4v) is 4.53. The lowest BCUT2D eigenvalue weighted by Gasteiger charge is -2.11. The molecule has 24 heavy (non-hydrogen) atoms. The quantitative estimate of drug-likeness (QED) is 0.616. The van der Waals surface area contributed by atoms with Crippen LogP contribution in [-0.2, 0) is 16.6 Å². The number of hydrogen-bond acceptors (Lipinski definition) is 5. The van der Waals surface area contributed by atoms with Crippen LogP contribution in [0.1, 0.15) is 5.56 Å². The third-order valence-corrected chi connectivity index (χ3v) is 6.03. The number of aromatic nitrogens is 4. The molecule has 2 heterocycles. The zero-order chi connectivity index (χ0) is 17.2. The Labute approximate surface area is 155 Å². The number of nitrogens with zero attached hydrogens (tertiary/aromatic N) is 4. The van der Waals surface area contributed by atoms with Crippen LogP contribution in [0.25, 0.3) is 5.82 Å². The maximum absolute atomic E-state index is 12.6. The molecule has 0 saturated heterocycles. The van der Waals surface area contributed by atoms with E-state index in [4.69, 9.17) is 0 Å². The van der Waals surface area contributed by atoms with Crippen LogP contribution in [-0.4, -0.2) is 28.2 Å². The van der Waals surface area contributed by atoms with Crippen LogP contribution < -0.4 is 4.72 Å². The standard InChI is InChI=1S/C14H11Br2N5O2S/c15-11-3-4-12(16)13(6-11)24(22,23)20-7-10-2-1-5-18-14(10)21-9-17-8-19-21/h1-6,8-9,20H,7H2. The van der Waals surface area contributed by atoms with Crippen LogP contribution >= 0.6 is 31.9 Å². The van der Waals surface area contributed by atoms with Gasteiger partial charge < -0.3 is 0 Å². The third kappa shape index (κ3) is 3.72. The van der Waals surface area contributed by atoms with Gasteiger partial charge in [0.15, 0.2) is 5.82 Å². The molecule has 124 valence electrons. The molecule has 0 atom stereocenters. The van der Waals surface area contributed by atoms with Crippen molar-refractivity contribution in [3.05, 3.63) is 63.7 Å². The fraction of sp³-hybridized carbons (Fsp3) is 0.0714. The van der Waals surface area contributed by atoms with Crippen molar-refractivity contribution in [3.63, 3.8) is 0 Å². The van der Waals surface area contributed by atoms with Gasteiger partial charge in [-0.05, 0) is 40.2 Å². The minimum atomic E-state index is -3.70. The molecular weight excluding hydrogens is 462 g/mol. The predicted octanol–water partition coefficient (Wildman–Crippen LogP) is 2.67. The van der Waals surface area contributed by atoms with Gasteiger partial charge in [0.25, 0.3) is 0 Å². The topological polar surface area (TPSA) is 89.8 Å². The maximum Gasteiger partial charge on any atom is 0.242 e. The molecule has 0 spiro atoms. The van der Waals surface area contributed by atoms with E-state index >= 15 is 0 Å². The van der Waals surface area contributed by atoms with Gasteiger partial charge in [0, 0.05) is 27.3 Å². The minimum absolute atomic E-state index is 0.0737. The molecular formula is C14H11Br2N5O2S. The number of pyridine rings is 1. The van der Waals surface area contributed by atoms with Crippen molar-refractivity contribution in [2.45, 2.75) is 11.4 Å². The zero-order valence-corrected chi connectivity index (χ0v) is 16.1. The minimum Gasteiger partial charge on any atom is -0.237 e. The Balaban J connectivity index is 1.87. The van der Waals surface area contributed by atoms with Gasteiger partial charge in [-0.2, -0.15) is 5.10 Å². The molecule has 0 radical (unpaired) electrons. The molecule has 3 aromatic rings. The number of halogens is 2. The highest BCUT2D eigenvalue weighted by molar-refractivity contribution is 9.11. The van der Waals surface area contributed by atoms with Crippen molar-refractivity contribution in [2.24, 2.45) is 0 Å². The lowest BCUT2D eigenvalue weighted by molar-refractivity contribution is 0.580. The summed E-state index contributed by atoms with van der Waals surface area (Å²) in [6.07, 6.45) is 4.51. The molecule has 1 N–H and O–H groups in total. The molecule has 3 rings (SSSR count). The molecule has 10 heteroatoms. The first-order valence-corrected chi connectivity index (χ1v) is 9.78. The molecule has 1 aromatic carbocycles. The average molecular weight is 473 g/mol. The van der Waals surface area contributed by atoms with Crippen molar-refractivity contribution in [3.8, 4) is 5.82 Å². The van der Waals surface area contributed by atoms with E-state index in [1.54, 1.807) is 30.5 Å². The fourth-order valence-electron chi connectivity index (χ4n) is 2.03. The van der Waals surface area contributed by atoms with Crippen molar-refractivity contribution in [1.82, 2.24) is 24.5 Å². The maximum atomic E-state index is 12.6. The summed E-state index contributed by atoms with van der Waals surface area (Å²) in [5.41, 5.74) is 0.678. The van der Waals surface area contributed by atoms with E-state index in [9.17, 15) is 8.42 Å². The summed E-state index contributed by atoms with van der Waals surface area (Å²) in [6, 6.07) is 8.48. The summed E-state index contributed by atoms with van der Waals surface area (Å²) in [4.78, 5) is 8.27. The van der Waals surface area contributed by atoms with E-state index in [0.717, 1.165) is 0 Å². The van der Waals surface area contributed by atoms with Gasteiger partial charge in [-0.15, -0.1) is 0 Å². The normalized spacial score (nSPS) is 11.6. The zero-order valence-electron chi connectivity index (χ0n) is 12.1. The van der Waals surface area contributed by atoms with Gasteiger partial charge in [0.05, 0.1) is 4.90 Å². The van der Waals surface area contributed by atoms with Crippen molar-refractivity contribution in [1.29, 1.82) is 0 Å². The molecule has 0 saturated carbocycles. The molecule has 0 aliphatic carbocycles. The molecule has 0 bridgehead atoms. The van der Waals surface area contributed by atoms with E-state index in [2.05, 4.69) is 51.6 Å². The summed E-state index contributed by atoms with van der Waals surface area (Å²) in [6.45, 7) is 0.0737. The second kappa shape index (κ2) is 7.09. The molecule has 0 amide bonds. The highest BCUT2D eigenvalue weighted by Crippen LogP contribution is 2.25. The Morgan fingerprint density at radius 2 is 2.04 bits per heavy atom. The van der Waals surface area contributed by atoms with Crippen molar-refractivity contribution in [2.75, 3.05) is 0 Å². The second-order valence-electron chi connectivity index (χ2n) is 4.73. The lowest BCUT2D eigenvalue weighted by atomic mass is 10.2. The number of rotatable bonds is 5. The summed E-state index contributed by atoms with van der Waals surface area (Å²) >= 11 is 6.54. The summed E-state index contributed by atoms with van der Waals surface area (Å²) in [5.74, 6) is 0.519. The number of nitrogens with one attached hydrogen (secondary N) is 1. The van der Waals surface area contributed by atoms with Crippen LogP contribution in [0.4, 0.5) is 0 Å². The summed E-state index contributed by atoms with van der Waals surface area (Å²) < 4.78 is 30.3. The third-order valence-electron chi connectivity index (χ3n) is 3.14. The van der Waals surface area contributed by atoms with Gasteiger partial charge in [-0.3, -0.25) is 0 Å². The van der Waals surface area contributed by atoms with Gasteiger partial charge in [-0.25, -0.2) is 27.8 Å². The van der Waals surface area contributed by atoms with E-state index in [0.29, 0.717) is 20.3 Å². The van der Waals surface area contributed by atoms with E-state index in [-0.39, 0.29) is 11.4 Å². The van der Waals surface area contributed by atoms with Gasteiger partial charge >= 0.3 is 0 Å². The molecule has 0 aliphatic rings. The summed E-state index contributed by atoms with van der Waals surface area (Å²) in [5, 5.41) is 4.03. The first-order valence-electron chi connectivity index (χ1n) is 6.71. The molecule has 0 fully saturated rings. The number of benzene rings is 1. The molecule has 7 nitrogen and oxygen atoms in total. The van der Waals surface area contributed by atoms with Crippen LogP contribution in [0.3, 0.4) is 0 Å². The second-order valence-corrected chi connectivity index (χ2v) is 8.23. The van der Waals surface area contributed by atoms with Crippen molar-refractivity contribution >= 4 is 41.9 Å². The van der Waals surface area contributed by atoms with E-state index in [1.807, 2.05) is 0 Å².